The fourth-order valence-electron chi connectivity index (χ4n) is 1.97. The highest BCUT2D eigenvalue weighted by atomic mass is 15.0. The molecule has 0 fully saturated rings. The Labute approximate surface area is 102 Å². The second-order valence-electron chi connectivity index (χ2n) is 4.44. The summed E-state index contributed by atoms with van der Waals surface area (Å²) in [6.45, 7) is 0. The Kier molecular flexibility index (Phi) is 3.94. The molecule has 0 saturated heterocycles. The number of aromatic nitrogens is 2. The molecule has 1 atom stereocenters. The second kappa shape index (κ2) is 5.64. The molecule has 1 heterocycles. The molecule has 3 nitrogen and oxygen atoms in total. The highest BCUT2D eigenvalue weighted by Crippen LogP contribution is 2.07. The van der Waals surface area contributed by atoms with Gasteiger partial charge in [0.25, 0.3) is 0 Å². The minimum atomic E-state index is 0.203. The molecule has 3 heteroatoms. The van der Waals surface area contributed by atoms with E-state index in [0.717, 1.165) is 25.1 Å². The van der Waals surface area contributed by atoms with Crippen molar-refractivity contribution in [2.24, 2.45) is 12.8 Å². The molecule has 0 aliphatic rings. The minimum Gasteiger partial charge on any atom is -0.338 e. The summed E-state index contributed by atoms with van der Waals surface area (Å²) in [4.78, 5) is 4.30. The van der Waals surface area contributed by atoms with Crippen LogP contribution in [0, 0.1) is 0 Å². The van der Waals surface area contributed by atoms with E-state index in [-0.39, 0.29) is 6.04 Å². The summed E-state index contributed by atoms with van der Waals surface area (Å²) in [5, 5.41) is 0. The maximum absolute atomic E-state index is 6.14. The molecule has 0 bridgehead atoms. The van der Waals surface area contributed by atoms with Gasteiger partial charge >= 0.3 is 0 Å². The Morgan fingerprint density at radius 1 is 1.29 bits per heavy atom. The van der Waals surface area contributed by atoms with E-state index in [2.05, 4.69) is 33.8 Å². The second-order valence-corrected chi connectivity index (χ2v) is 4.44. The van der Waals surface area contributed by atoms with Crippen LogP contribution in [-0.4, -0.2) is 15.6 Å². The molecular formula is C14H19N3. The van der Waals surface area contributed by atoms with Crippen LogP contribution in [0.2, 0.25) is 0 Å². The van der Waals surface area contributed by atoms with Crippen molar-refractivity contribution >= 4 is 0 Å². The largest absolute Gasteiger partial charge is 0.338 e. The zero-order valence-corrected chi connectivity index (χ0v) is 10.2. The summed E-state index contributed by atoms with van der Waals surface area (Å²) in [5.41, 5.74) is 7.44. The molecule has 1 aromatic carbocycles. The van der Waals surface area contributed by atoms with E-state index in [1.54, 1.807) is 0 Å². The Morgan fingerprint density at radius 2 is 2.06 bits per heavy atom. The predicted molar refractivity (Wildman–Crippen MR) is 69.7 cm³/mol. The summed E-state index contributed by atoms with van der Waals surface area (Å²) < 4.78 is 2.05. The first-order valence-corrected chi connectivity index (χ1v) is 6.01. The number of nitrogens with two attached hydrogens (primary N) is 1. The molecule has 90 valence electrons. The summed E-state index contributed by atoms with van der Waals surface area (Å²) >= 11 is 0. The molecule has 1 unspecified atom stereocenters. The number of hydrogen-bond donors (Lipinski definition) is 1. The van der Waals surface area contributed by atoms with Crippen molar-refractivity contribution in [1.29, 1.82) is 0 Å². The minimum absolute atomic E-state index is 0.203. The zero-order valence-electron chi connectivity index (χ0n) is 10.2. The van der Waals surface area contributed by atoms with Crippen LogP contribution in [0.3, 0.4) is 0 Å². The molecule has 2 N–H and O–H groups in total. The third kappa shape index (κ3) is 3.43. The maximum atomic E-state index is 6.14. The highest BCUT2D eigenvalue weighted by Gasteiger charge is 2.06. The Hall–Kier alpha value is -1.61. The number of rotatable bonds is 5. The summed E-state index contributed by atoms with van der Waals surface area (Å²) in [7, 11) is 2.02. The lowest BCUT2D eigenvalue weighted by atomic mass is 10.0. The van der Waals surface area contributed by atoms with Crippen LogP contribution < -0.4 is 5.73 Å². The van der Waals surface area contributed by atoms with Gasteiger partial charge in [-0.1, -0.05) is 30.3 Å². The third-order valence-corrected chi connectivity index (χ3v) is 3.00. The van der Waals surface area contributed by atoms with E-state index in [0.29, 0.717) is 0 Å². The quantitative estimate of drug-likeness (QED) is 0.851. The van der Waals surface area contributed by atoms with Gasteiger partial charge < -0.3 is 10.3 Å². The topological polar surface area (TPSA) is 43.8 Å². The van der Waals surface area contributed by atoms with Gasteiger partial charge in [-0.25, -0.2) is 4.98 Å². The van der Waals surface area contributed by atoms with Crippen molar-refractivity contribution in [3.8, 4) is 0 Å². The van der Waals surface area contributed by atoms with Crippen LogP contribution in [0.25, 0.3) is 0 Å². The molecule has 0 aliphatic carbocycles. The summed E-state index contributed by atoms with van der Waals surface area (Å²) in [6, 6.07) is 10.6. The average molecular weight is 229 g/mol. The molecule has 0 spiro atoms. The summed E-state index contributed by atoms with van der Waals surface area (Å²) in [5.74, 6) is 1.11. The van der Waals surface area contributed by atoms with Crippen molar-refractivity contribution < 1.29 is 0 Å². The Balaban J connectivity index is 1.82. The monoisotopic (exact) mass is 229 g/mol. The van der Waals surface area contributed by atoms with Gasteiger partial charge in [0.05, 0.1) is 0 Å². The van der Waals surface area contributed by atoms with E-state index < -0.39 is 0 Å². The maximum Gasteiger partial charge on any atom is 0.108 e. The van der Waals surface area contributed by atoms with Gasteiger partial charge in [-0.15, -0.1) is 0 Å². The molecule has 0 aliphatic heterocycles. The van der Waals surface area contributed by atoms with Crippen LogP contribution in [0.1, 0.15) is 17.8 Å². The first kappa shape index (κ1) is 11.9. The molecule has 2 aromatic rings. The van der Waals surface area contributed by atoms with Gasteiger partial charge in [0.2, 0.25) is 0 Å². The fraction of sp³-hybridized carbons (Fsp3) is 0.357. The molecular weight excluding hydrogens is 210 g/mol. The van der Waals surface area contributed by atoms with Crippen molar-refractivity contribution in [2.75, 3.05) is 0 Å². The van der Waals surface area contributed by atoms with E-state index in [4.69, 9.17) is 5.73 Å². The lowest BCUT2D eigenvalue weighted by Gasteiger charge is -2.11. The van der Waals surface area contributed by atoms with Crippen molar-refractivity contribution in [2.45, 2.75) is 25.3 Å². The molecule has 0 saturated carbocycles. The van der Waals surface area contributed by atoms with Crippen molar-refractivity contribution in [3.05, 3.63) is 54.1 Å². The number of nitrogens with zero attached hydrogens (tertiary/aromatic N) is 2. The van der Waals surface area contributed by atoms with E-state index in [1.807, 2.05) is 25.5 Å². The van der Waals surface area contributed by atoms with Gasteiger partial charge in [-0.05, 0) is 18.4 Å². The summed E-state index contributed by atoms with van der Waals surface area (Å²) in [6.07, 6.45) is 6.65. The molecule has 0 amide bonds. The van der Waals surface area contributed by atoms with Gasteiger partial charge in [-0.2, -0.15) is 0 Å². The standard InChI is InChI=1S/C14H19N3/c1-17-10-9-16-14(17)8-7-13(15)11-12-5-3-2-4-6-12/h2-6,9-10,13H,7-8,11,15H2,1H3. The van der Waals surface area contributed by atoms with Gasteiger partial charge in [-0.3, -0.25) is 0 Å². The van der Waals surface area contributed by atoms with Crippen molar-refractivity contribution in [3.63, 3.8) is 0 Å². The smallest absolute Gasteiger partial charge is 0.108 e. The first-order valence-electron chi connectivity index (χ1n) is 6.01. The molecule has 2 rings (SSSR count). The first-order chi connectivity index (χ1) is 8.25. The van der Waals surface area contributed by atoms with Crippen LogP contribution in [0.4, 0.5) is 0 Å². The van der Waals surface area contributed by atoms with Gasteiger partial charge in [0.15, 0.2) is 0 Å². The lowest BCUT2D eigenvalue weighted by Crippen LogP contribution is -2.24. The fourth-order valence-corrected chi connectivity index (χ4v) is 1.97. The number of hydrogen-bond acceptors (Lipinski definition) is 2. The van der Waals surface area contributed by atoms with E-state index >= 15 is 0 Å². The highest BCUT2D eigenvalue weighted by molar-refractivity contribution is 5.15. The third-order valence-electron chi connectivity index (χ3n) is 3.00. The normalized spacial score (nSPS) is 12.6. The van der Waals surface area contributed by atoms with Gasteiger partial charge in [0, 0.05) is 31.9 Å². The van der Waals surface area contributed by atoms with Crippen LogP contribution in [0.15, 0.2) is 42.7 Å². The number of aryl methyl sites for hydroxylation is 2. The Bertz CT molecular complexity index is 448. The zero-order chi connectivity index (χ0) is 12.1. The SMILES string of the molecule is Cn1ccnc1CCC(N)Cc1ccccc1. The lowest BCUT2D eigenvalue weighted by molar-refractivity contribution is 0.589. The van der Waals surface area contributed by atoms with Crippen LogP contribution >= 0.6 is 0 Å². The number of benzene rings is 1. The van der Waals surface area contributed by atoms with Crippen molar-refractivity contribution in [1.82, 2.24) is 9.55 Å². The molecule has 17 heavy (non-hydrogen) atoms. The molecule has 0 radical (unpaired) electrons. The number of imidazole rings is 1. The van der Waals surface area contributed by atoms with Crippen LogP contribution in [0.5, 0.6) is 0 Å². The Morgan fingerprint density at radius 3 is 2.71 bits per heavy atom. The predicted octanol–water partition coefficient (Wildman–Crippen LogP) is 1.92. The molecule has 1 aromatic heterocycles. The van der Waals surface area contributed by atoms with E-state index in [1.165, 1.54) is 5.56 Å². The van der Waals surface area contributed by atoms with E-state index in [9.17, 15) is 0 Å². The van der Waals surface area contributed by atoms with Crippen LogP contribution in [-0.2, 0) is 19.9 Å². The van der Waals surface area contributed by atoms with Gasteiger partial charge in [0.1, 0.15) is 5.82 Å². The average Bonchev–Trinajstić information content (AvgIpc) is 2.74.